The van der Waals surface area contributed by atoms with Gasteiger partial charge < -0.3 is 24.8 Å². The van der Waals surface area contributed by atoms with Crippen molar-refractivity contribution in [3.63, 3.8) is 0 Å². The molecule has 0 saturated carbocycles. The maximum atomic E-state index is 12.1. The standard InChI is InChI=1S/C20H24N2O5/c1-3-26-11-12-27-18-6-4-5-17(13-18)22-19(23)14-21-16-9-7-15(8-10-16)20(24)25-2/h4-10,13,21H,3,11-12,14H2,1-2H3,(H,22,23). The Hall–Kier alpha value is -3.06. The molecule has 2 aromatic carbocycles. The van der Waals surface area contributed by atoms with E-state index in [-0.39, 0.29) is 12.5 Å². The Labute approximate surface area is 158 Å². The van der Waals surface area contributed by atoms with E-state index in [1.165, 1.54) is 7.11 Å². The van der Waals surface area contributed by atoms with Gasteiger partial charge in [-0.25, -0.2) is 4.79 Å². The lowest BCUT2D eigenvalue weighted by atomic mass is 10.2. The lowest BCUT2D eigenvalue weighted by Crippen LogP contribution is -2.21. The van der Waals surface area contributed by atoms with Gasteiger partial charge >= 0.3 is 5.97 Å². The summed E-state index contributed by atoms with van der Waals surface area (Å²) in [6.07, 6.45) is 0. The Bertz CT molecular complexity index is 746. The first kappa shape index (κ1) is 20.3. The van der Waals surface area contributed by atoms with E-state index in [0.29, 0.717) is 36.8 Å². The maximum absolute atomic E-state index is 12.1. The van der Waals surface area contributed by atoms with Crippen molar-refractivity contribution in [1.29, 1.82) is 0 Å². The molecule has 0 unspecified atom stereocenters. The van der Waals surface area contributed by atoms with Crippen molar-refractivity contribution in [1.82, 2.24) is 0 Å². The summed E-state index contributed by atoms with van der Waals surface area (Å²) in [5.74, 6) is 0.0695. The predicted octanol–water partition coefficient (Wildman–Crippen LogP) is 2.94. The van der Waals surface area contributed by atoms with Crippen molar-refractivity contribution < 1.29 is 23.8 Å². The summed E-state index contributed by atoms with van der Waals surface area (Å²) in [5.41, 5.74) is 1.83. The molecule has 1 amide bonds. The van der Waals surface area contributed by atoms with Crippen LogP contribution in [0, 0.1) is 0 Å². The van der Waals surface area contributed by atoms with Gasteiger partial charge in [-0.05, 0) is 43.3 Å². The number of hydrogen-bond donors (Lipinski definition) is 2. The van der Waals surface area contributed by atoms with E-state index in [0.717, 1.165) is 5.69 Å². The summed E-state index contributed by atoms with van der Waals surface area (Å²) in [7, 11) is 1.33. The van der Waals surface area contributed by atoms with Crippen LogP contribution in [0.25, 0.3) is 0 Å². The SMILES string of the molecule is CCOCCOc1cccc(NC(=O)CNc2ccc(C(=O)OC)cc2)c1. The topological polar surface area (TPSA) is 85.9 Å². The Morgan fingerprint density at radius 2 is 1.78 bits per heavy atom. The summed E-state index contributed by atoms with van der Waals surface area (Å²) >= 11 is 0. The van der Waals surface area contributed by atoms with Gasteiger partial charge in [-0.2, -0.15) is 0 Å². The number of carbonyl (C=O) groups excluding carboxylic acids is 2. The zero-order chi connectivity index (χ0) is 19.5. The first-order valence-electron chi connectivity index (χ1n) is 8.65. The highest BCUT2D eigenvalue weighted by molar-refractivity contribution is 5.94. The van der Waals surface area contributed by atoms with Crippen molar-refractivity contribution in [3.8, 4) is 5.75 Å². The Morgan fingerprint density at radius 1 is 1.00 bits per heavy atom. The Morgan fingerprint density at radius 3 is 2.48 bits per heavy atom. The van der Waals surface area contributed by atoms with Crippen LogP contribution in [-0.2, 0) is 14.3 Å². The van der Waals surface area contributed by atoms with Crippen LogP contribution in [0.4, 0.5) is 11.4 Å². The number of amides is 1. The van der Waals surface area contributed by atoms with Gasteiger partial charge in [0.1, 0.15) is 12.4 Å². The average Bonchev–Trinajstić information content (AvgIpc) is 2.70. The fourth-order valence-corrected chi connectivity index (χ4v) is 2.26. The second-order valence-electron chi connectivity index (χ2n) is 5.54. The Kier molecular flexibility index (Phi) is 8.12. The van der Waals surface area contributed by atoms with Gasteiger partial charge in [0.05, 0.1) is 25.8 Å². The first-order valence-corrected chi connectivity index (χ1v) is 8.65. The van der Waals surface area contributed by atoms with Crippen LogP contribution >= 0.6 is 0 Å². The van der Waals surface area contributed by atoms with E-state index in [4.69, 9.17) is 9.47 Å². The van der Waals surface area contributed by atoms with E-state index < -0.39 is 5.97 Å². The molecule has 2 rings (SSSR count). The molecule has 0 radical (unpaired) electrons. The van der Waals surface area contributed by atoms with Crippen molar-refractivity contribution in [3.05, 3.63) is 54.1 Å². The number of methoxy groups -OCH3 is 1. The number of nitrogens with one attached hydrogen (secondary N) is 2. The number of carbonyl (C=O) groups is 2. The van der Waals surface area contributed by atoms with Crippen molar-refractivity contribution in [2.75, 3.05) is 44.1 Å². The molecular weight excluding hydrogens is 348 g/mol. The summed E-state index contributed by atoms with van der Waals surface area (Å²) < 4.78 is 15.4. The molecule has 27 heavy (non-hydrogen) atoms. The molecule has 0 bridgehead atoms. The van der Waals surface area contributed by atoms with Crippen LogP contribution in [0.5, 0.6) is 5.75 Å². The summed E-state index contributed by atoms with van der Waals surface area (Å²) in [5, 5.41) is 5.81. The van der Waals surface area contributed by atoms with Crippen LogP contribution < -0.4 is 15.4 Å². The highest BCUT2D eigenvalue weighted by Crippen LogP contribution is 2.17. The second kappa shape index (κ2) is 10.8. The van der Waals surface area contributed by atoms with Gasteiger partial charge in [-0.15, -0.1) is 0 Å². The molecule has 0 fully saturated rings. The molecule has 0 aliphatic heterocycles. The maximum Gasteiger partial charge on any atom is 0.337 e. The van der Waals surface area contributed by atoms with Gasteiger partial charge in [0.2, 0.25) is 5.91 Å². The second-order valence-corrected chi connectivity index (χ2v) is 5.54. The third-order valence-electron chi connectivity index (χ3n) is 3.58. The average molecular weight is 372 g/mol. The lowest BCUT2D eigenvalue weighted by Gasteiger charge is -2.10. The van der Waals surface area contributed by atoms with E-state index in [9.17, 15) is 9.59 Å². The number of benzene rings is 2. The summed E-state index contributed by atoms with van der Waals surface area (Å²) in [4.78, 5) is 23.5. The minimum Gasteiger partial charge on any atom is -0.491 e. The van der Waals surface area contributed by atoms with Crippen LogP contribution in [0.2, 0.25) is 0 Å². The highest BCUT2D eigenvalue weighted by Gasteiger charge is 2.06. The van der Waals surface area contributed by atoms with E-state index in [1.807, 2.05) is 19.1 Å². The summed E-state index contributed by atoms with van der Waals surface area (Å²) in [6.45, 7) is 3.64. The van der Waals surface area contributed by atoms with E-state index >= 15 is 0 Å². The number of ether oxygens (including phenoxy) is 3. The van der Waals surface area contributed by atoms with Crippen LogP contribution in [-0.4, -0.2) is 45.4 Å². The molecule has 0 spiro atoms. The highest BCUT2D eigenvalue weighted by atomic mass is 16.5. The molecular formula is C20H24N2O5. The number of hydrogen-bond acceptors (Lipinski definition) is 6. The molecule has 7 heteroatoms. The smallest absolute Gasteiger partial charge is 0.337 e. The van der Waals surface area contributed by atoms with Crippen molar-refractivity contribution in [2.45, 2.75) is 6.92 Å². The monoisotopic (exact) mass is 372 g/mol. The molecule has 0 aliphatic rings. The van der Waals surface area contributed by atoms with Crippen LogP contribution in [0.3, 0.4) is 0 Å². The molecule has 0 aromatic heterocycles. The van der Waals surface area contributed by atoms with Gasteiger partial charge in [0, 0.05) is 24.0 Å². The van der Waals surface area contributed by atoms with Gasteiger partial charge in [-0.1, -0.05) is 6.07 Å². The molecule has 144 valence electrons. The number of rotatable bonds is 10. The predicted molar refractivity (Wildman–Crippen MR) is 103 cm³/mol. The van der Waals surface area contributed by atoms with Gasteiger partial charge in [0.25, 0.3) is 0 Å². The molecule has 0 atom stereocenters. The Balaban J connectivity index is 1.80. The fourth-order valence-electron chi connectivity index (χ4n) is 2.26. The fraction of sp³-hybridized carbons (Fsp3) is 0.300. The van der Waals surface area contributed by atoms with Crippen molar-refractivity contribution >= 4 is 23.3 Å². The zero-order valence-electron chi connectivity index (χ0n) is 15.5. The number of anilines is 2. The van der Waals surface area contributed by atoms with E-state index in [1.54, 1.807) is 36.4 Å². The molecule has 2 aromatic rings. The largest absolute Gasteiger partial charge is 0.491 e. The third-order valence-corrected chi connectivity index (χ3v) is 3.58. The first-order chi connectivity index (χ1) is 13.1. The quantitative estimate of drug-likeness (QED) is 0.493. The molecule has 0 aliphatic carbocycles. The molecule has 0 saturated heterocycles. The normalized spacial score (nSPS) is 10.1. The van der Waals surface area contributed by atoms with Gasteiger partial charge in [-0.3, -0.25) is 4.79 Å². The minimum atomic E-state index is -0.400. The third kappa shape index (κ3) is 6.99. The summed E-state index contributed by atoms with van der Waals surface area (Å²) in [6, 6.07) is 13.9. The molecule has 2 N–H and O–H groups in total. The minimum absolute atomic E-state index is 0.0903. The van der Waals surface area contributed by atoms with Crippen molar-refractivity contribution in [2.24, 2.45) is 0 Å². The van der Waals surface area contributed by atoms with Gasteiger partial charge in [0.15, 0.2) is 0 Å². The van der Waals surface area contributed by atoms with E-state index in [2.05, 4.69) is 15.4 Å². The van der Waals surface area contributed by atoms with Crippen LogP contribution in [0.15, 0.2) is 48.5 Å². The zero-order valence-corrected chi connectivity index (χ0v) is 15.5. The lowest BCUT2D eigenvalue weighted by molar-refractivity contribution is -0.114. The van der Waals surface area contributed by atoms with Crippen LogP contribution in [0.1, 0.15) is 17.3 Å². The molecule has 7 nitrogen and oxygen atoms in total. The number of esters is 1. The molecule has 0 heterocycles.